The van der Waals surface area contributed by atoms with Gasteiger partial charge in [-0.1, -0.05) is 19.1 Å². The van der Waals surface area contributed by atoms with Gasteiger partial charge in [-0.05, 0) is 37.1 Å². The summed E-state index contributed by atoms with van der Waals surface area (Å²) in [5, 5.41) is 11.4. The Kier molecular flexibility index (Phi) is 3.87. The lowest BCUT2D eigenvalue weighted by molar-refractivity contribution is 0.628. The average molecular weight is 245 g/mol. The molecule has 4 heteroatoms. The van der Waals surface area contributed by atoms with Gasteiger partial charge in [0.05, 0.1) is 5.69 Å². The number of benzene rings is 1. The lowest BCUT2D eigenvalue weighted by Crippen LogP contribution is -2.04. The smallest absolute Gasteiger partial charge is 0.148 e. The molecule has 0 amide bonds. The van der Waals surface area contributed by atoms with Crippen LogP contribution in [0.1, 0.15) is 18.9 Å². The summed E-state index contributed by atoms with van der Waals surface area (Å²) in [4.78, 5) is 0. The summed E-state index contributed by atoms with van der Waals surface area (Å²) in [5.74, 6) is 0.497. The zero-order valence-electron chi connectivity index (χ0n) is 10.6. The number of hydrogen-bond acceptors (Lipinski definition) is 3. The largest absolute Gasteiger partial charge is 0.369 e. The van der Waals surface area contributed by atoms with Gasteiger partial charge in [-0.25, -0.2) is 4.39 Å². The number of rotatable bonds is 4. The minimum atomic E-state index is -0.262. The van der Waals surface area contributed by atoms with E-state index in [1.54, 1.807) is 6.07 Å². The normalized spacial score (nSPS) is 10.4. The first-order chi connectivity index (χ1) is 8.70. The van der Waals surface area contributed by atoms with Crippen LogP contribution in [0.2, 0.25) is 0 Å². The van der Waals surface area contributed by atoms with Crippen LogP contribution in [0.4, 0.5) is 10.2 Å². The first-order valence-electron chi connectivity index (χ1n) is 6.05. The molecule has 2 rings (SSSR count). The van der Waals surface area contributed by atoms with Crippen LogP contribution in [0, 0.1) is 12.7 Å². The van der Waals surface area contributed by atoms with Gasteiger partial charge in [0.2, 0.25) is 0 Å². The minimum absolute atomic E-state index is 0.262. The van der Waals surface area contributed by atoms with Crippen molar-refractivity contribution < 1.29 is 4.39 Å². The van der Waals surface area contributed by atoms with E-state index < -0.39 is 0 Å². The highest BCUT2D eigenvalue weighted by molar-refractivity contribution is 5.63. The van der Waals surface area contributed by atoms with Crippen molar-refractivity contribution in [1.29, 1.82) is 0 Å². The fourth-order valence-electron chi connectivity index (χ4n) is 1.75. The van der Waals surface area contributed by atoms with E-state index in [9.17, 15) is 4.39 Å². The molecule has 94 valence electrons. The Labute approximate surface area is 106 Å². The van der Waals surface area contributed by atoms with Gasteiger partial charge >= 0.3 is 0 Å². The Balaban J connectivity index is 2.29. The number of halogens is 1. The molecule has 0 fully saturated rings. The molecule has 0 unspecified atom stereocenters. The number of anilines is 1. The van der Waals surface area contributed by atoms with Crippen molar-refractivity contribution in [3.05, 3.63) is 41.7 Å². The second-order valence-electron chi connectivity index (χ2n) is 4.20. The second kappa shape index (κ2) is 5.58. The molecular weight excluding hydrogens is 229 g/mol. The van der Waals surface area contributed by atoms with Gasteiger partial charge in [0.15, 0.2) is 0 Å². The molecule has 0 spiro atoms. The van der Waals surface area contributed by atoms with Gasteiger partial charge in [-0.3, -0.25) is 0 Å². The Hall–Kier alpha value is -1.97. The number of nitrogens with zero attached hydrogens (tertiary/aromatic N) is 2. The van der Waals surface area contributed by atoms with Crippen molar-refractivity contribution in [3.63, 3.8) is 0 Å². The monoisotopic (exact) mass is 245 g/mol. The molecule has 0 atom stereocenters. The number of hydrogen-bond donors (Lipinski definition) is 1. The molecule has 1 N–H and O–H groups in total. The molecule has 1 heterocycles. The van der Waals surface area contributed by atoms with Crippen molar-refractivity contribution in [3.8, 4) is 11.3 Å². The summed E-state index contributed by atoms with van der Waals surface area (Å²) in [6.45, 7) is 4.91. The molecule has 3 nitrogen and oxygen atoms in total. The molecule has 18 heavy (non-hydrogen) atoms. The second-order valence-corrected chi connectivity index (χ2v) is 4.20. The summed E-state index contributed by atoms with van der Waals surface area (Å²) in [6, 6.07) is 8.33. The lowest BCUT2D eigenvalue weighted by Gasteiger charge is -2.07. The average Bonchev–Trinajstić information content (AvgIpc) is 2.36. The van der Waals surface area contributed by atoms with Crippen LogP contribution in [0.5, 0.6) is 0 Å². The van der Waals surface area contributed by atoms with Gasteiger partial charge in [0.25, 0.3) is 0 Å². The van der Waals surface area contributed by atoms with Gasteiger partial charge in [0.1, 0.15) is 11.6 Å². The summed E-state index contributed by atoms with van der Waals surface area (Å²) in [6.07, 6.45) is 1.03. The third-order valence-electron chi connectivity index (χ3n) is 2.64. The molecule has 0 bridgehead atoms. The predicted molar refractivity (Wildman–Crippen MR) is 70.9 cm³/mol. The van der Waals surface area contributed by atoms with Crippen molar-refractivity contribution in [2.24, 2.45) is 0 Å². The van der Waals surface area contributed by atoms with E-state index in [2.05, 4.69) is 22.4 Å². The highest BCUT2D eigenvalue weighted by Crippen LogP contribution is 2.22. The Morgan fingerprint density at radius 3 is 2.72 bits per heavy atom. The molecule has 0 radical (unpaired) electrons. The minimum Gasteiger partial charge on any atom is -0.369 e. The van der Waals surface area contributed by atoms with Crippen LogP contribution in [0.3, 0.4) is 0 Å². The van der Waals surface area contributed by atoms with Crippen LogP contribution in [-0.2, 0) is 0 Å². The maximum absolute atomic E-state index is 13.2. The molecule has 2 aromatic rings. The SMILES string of the molecule is CCCNc1cc(C)c(-c2cccc(F)c2)nn1. The van der Waals surface area contributed by atoms with Crippen LogP contribution in [-0.4, -0.2) is 16.7 Å². The van der Waals surface area contributed by atoms with E-state index in [0.717, 1.165) is 35.6 Å². The molecule has 1 aromatic carbocycles. The molecule has 0 saturated carbocycles. The van der Waals surface area contributed by atoms with Crippen molar-refractivity contribution in [1.82, 2.24) is 10.2 Å². The zero-order chi connectivity index (χ0) is 13.0. The van der Waals surface area contributed by atoms with Gasteiger partial charge in [-0.2, -0.15) is 0 Å². The predicted octanol–water partition coefficient (Wildman–Crippen LogP) is 3.41. The van der Waals surface area contributed by atoms with Crippen LogP contribution < -0.4 is 5.32 Å². The summed E-state index contributed by atoms with van der Waals surface area (Å²) in [5.41, 5.74) is 2.45. The summed E-state index contributed by atoms with van der Waals surface area (Å²) >= 11 is 0. The number of aryl methyl sites for hydroxylation is 1. The fourth-order valence-corrected chi connectivity index (χ4v) is 1.75. The van der Waals surface area contributed by atoms with E-state index in [1.807, 2.05) is 19.1 Å². The third kappa shape index (κ3) is 2.83. The summed E-state index contributed by atoms with van der Waals surface area (Å²) in [7, 11) is 0. The summed E-state index contributed by atoms with van der Waals surface area (Å²) < 4.78 is 13.2. The lowest BCUT2D eigenvalue weighted by atomic mass is 10.1. The number of aromatic nitrogens is 2. The first-order valence-corrected chi connectivity index (χ1v) is 6.05. The third-order valence-corrected chi connectivity index (χ3v) is 2.64. The molecule has 0 aliphatic carbocycles. The number of nitrogens with one attached hydrogen (secondary N) is 1. The highest BCUT2D eigenvalue weighted by Gasteiger charge is 2.06. The molecule has 0 saturated heterocycles. The van der Waals surface area contributed by atoms with E-state index in [1.165, 1.54) is 12.1 Å². The zero-order valence-corrected chi connectivity index (χ0v) is 10.6. The molecule has 0 aliphatic rings. The van der Waals surface area contributed by atoms with E-state index in [4.69, 9.17) is 0 Å². The van der Waals surface area contributed by atoms with Crippen molar-refractivity contribution in [2.45, 2.75) is 20.3 Å². The molecule has 1 aromatic heterocycles. The topological polar surface area (TPSA) is 37.8 Å². The van der Waals surface area contributed by atoms with E-state index >= 15 is 0 Å². The quantitative estimate of drug-likeness (QED) is 0.897. The first kappa shape index (κ1) is 12.5. The Bertz CT molecular complexity index is 540. The maximum Gasteiger partial charge on any atom is 0.148 e. The fraction of sp³-hybridized carbons (Fsp3) is 0.286. The standard InChI is InChI=1S/C14H16FN3/c1-3-7-16-13-8-10(2)14(18-17-13)11-5-4-6-12(15)9-11/h4-6,8-9H,3,7H2,1-2H3,(H,16,17). The van der Waals surface area contributed by atoms with Gasteiger partial charge in [0, 0.05) is 12.1 Å². The molecule has 0 aliphatic heterocycles. The molecular formula is C14H16FN3. The maximum atomic E-state index is 13.2. The van der Waals surface area contributed by atoms with Gasteiger partial charge < -0.3 is 5.32 Å². The van der Waals surface area contributed by atoms with Crippen LogP contribution >= 0.6 is 0 Å². The van der Waals surface area contributed by atoms with Crippen molar-refractivity contribution in [2.75, 3.05) is 11.9 Å². The highest BCUT2D eigenvalue weighted by atomic mass is 19.1. The van der Waals surface area contributed by atoms with Crippen LogP contribution in [0.25, 0.3) is 11.3 Å². The Morgan fingerprint density at radius 1 is 1.22 bits per heavy atom. The van der Waals surface area contributed by atoms with Crippen molar-refractivity contribution >= 4 is 5.82 Å². The van der Waals surface area contributed by atoms with E-state index in [0.29, 0.717) is 0 Å². The van der Waals surface area contributed by atoms with Gasteiger partial charge in [-0.15, -0.1) is 10.2 Å². The Morgan fingerprint density at radius 2 is 2.06 bits per heavy atom. The van der Waals surface area contributed by atoms with E-state index in [-0.39, 0.29) is 5.82 Å². The van der Waals surface area contributed by atoms with Crippen LogP contribution in [0.15, 0.2) is 30.3 Å².